The van der Waals surface area contributed by atoms with Gasteiger partial charge >= 0.3 is 0 Å². The lowest BCUT2D eigenvalue weighted by molar-refractivity contribution is 0.338. The quantitative estimate of drug-likeness (QED) is 0.366. The zero-order chi connectivity index (χ0) is 19.2. The van der Waals surface area contributed by atoms with Gasteiger partial charge in [0.1, 0.15) is 9.84 Å². The number of nitrogens with zero attached hydrogens (tertiary/aromatic N) is 2. The molecule has 0 spiro atoms. The van der Waals surface area contributed by atoms with Crippen LogP contribution < -0.4 is 5.32 Å². The van der Waals surface area contributed by atoms with Gasteiger partial charge in [0.2, 0.25) is 0 Å². The predicted octanol–water partition coefficient (Wildman–Crippen LogP) is 3.43. The molecule has 1 aliphatic rings. The van der Waals surface area contributed by atoms with Crippen molar-refractivity contribution < 1.29 is 8.42 Å². The molecule has 0 radical (unpaired) electrons. The molecule has 7 heteroatoms. The Labute approximate surface area is 181 Å². The van der Waals surface area contributed by atoms with Crippen LogP contribution in [-0.2, 0) is 9.84 Å². The first-order chi connectivity index (χ1) is 12.2. The number of aliphatic imine (C=N–C) groups is 1. The van der Waals surface area contributed by atoms with Gasteiger partial charge in [-0.1, -0.05) is 50.3 Å². The lowest BCUT2D eigenvalue weighted by Gasteiger charge is -2.32. The summed E-state index contributed by atoms with van der Waals surface area (Å²) in [4.78, 5) is 6.64. The summed E-state index contributed by atoms with van der Waals surface area (Å²) in [6.45, 7) is 6.61. The minimum Gasteiger partial charge on any atom is -0.356 e. The van der Waals surface area contributed by atoms with Crippen molar-refractivity contribution in [2.75, 3.05) is 38.7 Å². The Morgan fingerprint density at radius 3 is 2.44 bits per heavy atom. The molecule has 1 aromatic carbocycles. The molecule has 1 aliphatic heterocycles. The summed E-state index contributed by atoms with van der Waals surface area (Å²) >= 11 is 0. The Balaban J connectivity index is 0.00000364. The molecular formula is C20H32IN3O2S. The van der Waals surface area contributed by atoms with E-state index < -0.39 is 9.84 Å². The summed E-state index contributed by atoms with van der Waals surface area (Å²) in [5, 5.41) is 3.42. The fourth-order valence-corrected chi connectivity index (χ4v) is 3.90. The van der Waals surface area contributed by atoms with Crippen LogP contribution in [0.25, 0.3) is 5.57 Å². The van der Waals surface area contributed by atoms with Gasteiger partial charge in [-0.25, -0.2) is 8.42 Å². The smallest absolute Gasteiger partial charge is 0.193 e. The van der Waals surface area contributed by atoms with Gasteiger partial charge in [-0.15, -0.1) is 24.0 Å². The van der Waals surface area contributed by atoms with E-state index in [1.165, 1.54) is 17.4 Å². The monoisotopic (exact) mass is 505 g/mol. The van der Waals surface area contributed by atoms with Crippen LogP contribution >= 0.6 is 24.0 Å². The lowest BCUT2D eigenvalue weighted by atomic mass is 9.90. The second-order valence-corrected chi connectivity index (χ2v) is 10.00. The highest BCUT2D eigenvalue weighted by atomic mass is 127. The van der Waals surface area contributed by atoms with Crippen LogP contribution in [0.5, 0.6) is 0 Å². The maximum atomic E-state index is 11.4. The van der Waals surface area contributed by atoms with E-state index in [2.05, 4.69) is 59.4 Å². The van der Waals surface area contributed by atoms with E-state index in [4.69, 9.17) is 0 Å². The van der Waals surface area contributed by atoms with Crippen molar-refractivity contribution in [2.24, 2.45) is 10.4 Å². The second kappa shape index (κ2) is 10.5. The van der Waals surface area contributed by atoms with Crippen molar-refractivity contribution in [3.8, 4) is 0 Å². The van der Waals surface area contributed by atoms with Crippen molar-refractivity contribution >= 4 is 45.3 Å². The first-order valence-corrected chi connectivity index (χ1v) is 11.1. The van der Waals surface area contributed by atoms with Crippen molar-refractivity contribution in [1.82, 2.24) is 10.2 Å². The molecule has 152 valence electrons. The lowest BCUT2D eigenvalue weighted by Crippen LogP contribution is -2.46. The first kappa shape index (κ1) is 23.9. The Morgan fingerprint density at radius 2 is 1.93 bits per heavy atom. The van der Waals surface area contributed by atoms with E-state index in [0.29, 0.717) is 13.0 Å². The van der Waals surface area contributed by atoms with Gasteiger partial charge in [0, 0.05) is 32.9 Å². The van der Waals surface area contributed by atoms with Crippen LogP contribution in [0.4, 0.5) is 0 Å². The highest BCUT2D eigenvalue weighted by Gasteiger charge is 2.22. The molecule has 0 amide bonds. The Kier molecular flexibility index (Phi) is 9.27. The average Bonchev–Trinajstić information content (AvgIpc) is 2.61. The molecule has 0 aromatic heterocycles. The molecule has 0 aliphatic carbocycles. The van der Waals surface area contributed by atoms with Gasteiger partial charge in [0.15, 0.2) is 5.96 Å². The fourth-order valence-electron chi connectivity index (χ4n) is 2.98. The van der Waals surface area contributed by atoms with Gasteiger partial charge < -0.3 is 10.2 Å². The maximum Gasteiger partial charge on any atom is 0.193 e. The molecule has 2 rings (SSSR count). The van der Waals surface area contributed by atoms with Crippen LogP contribution in [0, 0.1) is 5.41 Å². The first-order valence-electron chi connectivity index (χ1n) is 9.08. The average molecular weight is 505 g/mol. The Bertz CT molecular complexity index is 759. The van der Waals surface area contributed by atoms with Crippen LogP contribution in [0.1, 0.15) is 32.3 Å². The molecule has 5 nitrogen and oxygen atoms in total. The third-order valence-corrected chi connectivity index (χ3v) is 5.69. The number of guanidine groups is 1. The van der Waals surface area contributed by atoms with E-state index in [1.54, 1.807) is 7.05 Å². The third-order valence-electron chi connectivity index (χ3n) is 4.74. The van der Waals surface area contributed by atoms with Gasteiger partial charge in [0.05, 0.1) is 5.75 Å². The van der Waals surface area contributed by atoms with Crippen molar-refractivity contribution in [3.05, 3.63) is 42.0 Å². The van der Waals surface area contributed by atoms with Crippen molar-refractivity contribution in [2.45, 2.75) is 26.7 Å². The number of benzene rings is 1. The molecular weight excluding hydrogens is 473 g/mol. The van der Waals surface area contributed by atoms with Crippen molar-refractivity contribution in [1.29, 1.82) is 0 Å². The van der Waals surface area contributed by atoms with Crippen LogP contribution in [0.15, 0.2) is 41.4 Å². The molecule has 0 fully saturated rings. The van der Waals surface area contributed by atoms with Gasteiger partial charge in [0.25, 0.3) is 0 Å². The zero-order valence-corrected chi connectivity index (χ0v) is 19.9. The SMILES string of the molecule is CN=C(NCC(C)(C)CCS(C)(=O)=O)N1CC=C(c2ccccc2)CC1.I. The summed E-state index contributed by atoms with van der Waals surface area (Å²) in [6, 6.07) is 10.5. The molecule has 1 heterocycles. The van der Waals surface area contributed by atoms with Gasteiger partial charge in [-0.3, -0.25) is 4.99 Å². The number of hydrogen-bond acceptors (Lipinski definition) is 3. The normalized spacial score (nSPS) is 15.8. The van der Waals surface area contributed by atoms with Crippen LogP contribution in [-0.4, -0.2) is 58.0 Å². The molecule has 1 N–H and O–H groups in total. The zero-order valence-electron chi connectivity index (χ0n) is 16.7. The summed E-state index contributed by atoms with van der Waals surface area (Å²) in [5.41, 5.74) is 2.56. The minimum absolute atomic E-state index is 0. The number of halogens is 1. The van der Waals surface area contributed by atoms with E-state index in [9.17, 15) is 8.42 Å². The molecule has 0 saturated carbocycles. The van der Waals surface area contributed by atoms with E-state index >= 15 is 0 Å². The number of rotatable bonds is 6. The molecule has 27 heavy (non-hydrogen) atoms. The van der Waals surface area contributed by atoms with E-state index in [-0.39, 0.29) is 35.1 Å². The molecule has 0 unspecified atom stereocenters. The predicted molar refractivity (Wildman–Crippen MR) is 125 cm³/mol. The van der Waals surface area contributed by atoms with E-state index in [1.807, 2.05) is 6.07 Å². The largest absolute Gasteiger partial charge is 0.356 e. The maximum absolute atomic E-state index is 11.4. The topological polar surface area (TPSA) is 61.8 Å². The van der Waals surface area contributed by atoms with Gasteiger partial charge in [-0.2, -0.15) is 0 Å². The van der Waals surface area contributed by atoms with Crippen LogP contribution in [0.3, 0.4) is 0 Å². The summed E-state index contributed by atoms with van der Waals surface area (Å²) in [6.07, 6.45) is 5.18. The number of sulfone groups is 1. The third kappa shape index (κ3) is 8.21. The molecule has 0 atom stereocenters. The molecule has 0 saturated heterocycles. The van der Waals surface area contributed by atoms with Crippen LogP contribution in [0.2, 0.25) is 0 Å². The summed E-state index contributed by atoms with van der Waals surface area (Å²) < 4.78 is 22.8. The highest BCUT2D eigenvalue weighted by molar-refractivity contribution is 14.0. The van der Waals surface area contributed by atoms with E-state index in [0.717, 1.165) is 25.5 Å². The molecule has 0 bridgehead atoms. The standard InChI is InChI=1S/C20H31N3O2S.HI/c1-20(2,12-15-26(4,24)25)16-22-19(21-3)23-13-10-18(11-14-23)17-8-6-5-7-9-17;/h5-10H,11-16H2,1-4H3,(H,21,22);1H. The van der Waals surface area contributed by atoms with Gasteiger partial charge in [-0.05, 0) is 29.4 Å². The van der Waals surface area contributed by atoms with Crippen molar-refractivity contribution in [3.63, 3.8) is 0 Å². The summed E-state index contributed by atoms with van der Waals surface area (Å²) in [5.74, 6) is 1.09. The highest BCUT2D eigenvalue weighted by Crippen LogP contribution is 2.23. The summed E-state index contributed by atoms with van der Waals surface area (Å²) in [7, 11) is -1.14. The number of hydrogen-bond donors (Lipinski definition) is 1. The Hall–Kier alpha value is -1.09. The Morgan fingerprint density at radius 1 is 1.26 bits per heavy atom. The minimum atomic E-state index is -2.93. The number of nitrogens with one attached hydrogen (secondary N) is 1. The second-order valence-electron chi connectivity index (χ2n) is 7.74. The molecule has 1 aromatic rings. The fraction of sp³-hybridized carbons (Fsp3) is 0.550.